The van der Waals surface area contributed by atoms with E-state index in [1.54, 1.807) is 54.6 Å². The molecule has 0 radical (unpaired) electrons. The van der Waals surface area contributed by atoms with Crippen molar-refractivity contribution in [2.45, 2.75) is 4.90 Å². The van der Waals surface area contributed by atoms with Gasteiger partial charge in [0.15, 0.2) is 11.8 Å². The SMILES string of the molecule is N=C1S/C(=C\c2ccccc2OCC(=O)Nc2ccc(Cl)cc2)C(=O)N1c1ccc(S(N)(=O)=O)cc1. The van der Waals surface area contributed by atoms with E-state index in [-0.39, 0.29) is 27.5 Å². The lowest BCUT2D eigenvalue weighted by molar-refractivity contribution is -0.118. The number of amidine groups is 1. The lowest BCUT2D eigenvalue weighted by atomic mass is 10.2. The van der Waals surface area contributed by atoms with Crippen LogP contribution in [0, 0.1) is 5.41 Å². The van der Waals surface area contributed by atoms with Gasteiger partial charge < -0.3 is 10.1 Å². The maximum atomic E-state index is 13.0. The number of sulfonamides is 1. The Morgan fingerprint density at radius 3 is 2.42 bits per heavy atom. The summed E-state index contributed by atoms with van der Waals surface area (Å²) in [6.45, 7) is -0.262. The normalized spacial score (nSPS) is 14.8. The van der Waals surface area contributed by atoms with Crippen LogP contribution in [0.25, 0.3) is 6.08 Å². The number of nitrogens with zero attached hydrogens (tertiary/aromatic N) is 1. The van der Waals surface area contributed by atoms with Crippen LogP contribution in [0.15, 0.2) is 82.6 Å². The number of ether oxygens (including phenoxy) is 1. The van der Waals surface area contributed by atoms with E-state index in [2.05, 4.69) is 5.32 Å². The topological polar surface area (TPSA) is 143 Å². The second kappa shape index (κ2) is 10.5. The predicted molar refractivity (Wildman–Crippen MR) is 141 cm³/mol. The number of nitrogens with one attached hydrogen (secondary N) is 2. The van der Waals surface area contributed by atoms with Gasteiger partial charge in [-0.15, -0.1) is 0 Å². The molecule has 0 saturated carbocycles. The van der Waals surface area contributed by atoms with Crippen molar-refractivity contribution >= 4 is 67.8 Å². The van der Waals surface area contributed by atoms with Crippen molar-refractivity contribution in [3.63, 3.8) is 0 Å². The van der Waals surface area contributed by atoms with Gasteiger partial charge >= 0.3 is 0 Å². The molecule has 1 fully saturated rings. The summed E-state index contributed by atoms with van der Waals surface area (Å²) in [5.41, 5.74) is 1.45. The van der Waals surface area contributed by atoms with E-state index in [0.29, 0.717) is 27.7 Å². The van der Waals surface area contributed by atoms with Crippen LogP contribution in [0.5, 0.6) is 5.75 Å². The van der Waals surface area contributed by atoms with Crippen molar-refractivity contribution in [3.05, 3.63) is 88.3 Å². The Balaban J connectivity index is 1.48. The second-order valence-electron chi connectivity index (χ2n) is 7.48. The molecule has 0 unspecified atom stereocenters. The summed E-state index contributed by atoms with van der Waals surface area (Å²) >= 11 is 6.80. The van der Waals surface area contributed by atoms with Crippen LogP contribution in [0.3, 0.4) is 0 Å². The fourth-order valence-electron chi connectivity index (χ4n) is 3.25. The first kappa shape index (κ1) is 25.5. The van der Waals surface area contributed by atoms with Gasteiger partial charge in [0.1, 0.15) is 5.75 Å². The van der Waals surface area contributed by atoms with Gasteiger partial charge in [-0.1, -0.05) is 29.8 Å². The summed E-state index contributed by atoms with van der Waals surface area (Å²) in [6.07, 6.45) is 1.58. The molecule has 1 aliphatic heterocycles. The summed E-state index contributed by atoms with van der Waals surface area (Å²) in [5, 5.41) is 16.6. The van der Waals surface area contributed by atoms with Crippen molar-refractivity contribution in [1.82, 2.24) is 0 Å². The highest BCUT2D eigenvalue weighted by Gasteiger charge is 2.34. The highest BCUT2D eigenvalue weighted by molar-refractivity contribution is 8.19. The highest BCUT2D eigenvalue weighted by Crippen LogP contribution is 2.36. The molecule has 0 spiro atoms. The summed E-state index contributed by atoms with van der Waals surface area (Å²) in [4.78, 5) is 26.7. The van der Waals surface area contributed by atoms with Gasteiger partial charge in [0.05, 0.1) is 15.5 Å². The van der Waals surface area contributed by atoms with Crippen LogP contribution in [0.4, 0.5) is 11.4 Å². The molecule has 12 heteroatoms. The number of carbonyl (C=O) groups excluding carboxylic acids is 2. The third-order valence-corrected chi connectivity index (χ3v) is 7.01. The minimum absolute atomic E-state index is 0.0460. The van der Waals surface area contributed by atoms with Gasteiger partial charge in [-0.05, 0) is 72.4 Å². The Morgan fingerprint density at radius 2 is 1.75 bits per heavy atom. The van der Waals surface area contributed by atoms with Crippen LogP contribution in [0.1, 0.15) is 5.56 Å². The van der Waals surface area contributed by atoms with Crippen molar-refractivity contribution in [3.8, 4) is 5.75 Å². The van der Waals surface area contributed by atoms with Gasteiger partial charge in [0, 0.05) is 16.3 Å². The van der Waals surface area contributed by atoms with E-state index >= 15 is 0 Å². The third-order valence-electron chi connectivity index (χ3n) is 4.94. The monoisotopic (exact) mass is 542 g/mol. The number of halogens is 1. The molecule has 1 aliphatic rings. The molecule has 0 aromatic heterocycles. The van der Waals surface area contributed by atoms with Crippen LogP contribution in [-0.4, -0.2) is 32.0 Å². The number of nitrogens with two attached hydrogens (primary N) is 1. The molecule has 36 heavy (non-hydrogen) atoms. The first-order valence-electron chi connectivity index (χ1n) is 10.3. The first-order chi connectivity index (χ1) is 17.1. The number of primary sulfonamides is 1. The van der Waals surface area contributed by atoms with Gasteiger partial charge in [-0.3, -0.25) is 19.9 Å². The number of benzene rings is 3. The Labute approximate surface area is 216 Å². The molecule has 0 bridgehead atoms. The average Bonchev–Trinajstić information content (AvgIpc) is 3.12. The Hall–Kier alpha value is -3.64. The molecular weight excluding hydrogens is 524 g/mol. The van der Waals surface area contributed by atoms with Crippen LogP contribution >= 0.6 is 23.4 Å². The van der Waals surface area contributed by atoms with Gasteiger partial charge in [-0.25, -0.2) is 13.6 Å². The van der Waals surface area contributed by atoms with Crippen molar-refractivity contribution < 1.29 is 22.7 Å². The number of anilines is 2. The number of amides is 2. The third kappa shape index (κ3) is 5.94. The Bertz CT molecular complexity index is 1470. The smallest absolute Gasteiger partial charge is 0.271 e. The fraction of sp³-hybridized carbons (Fsp3) is 0.0417. The highest BCUT2D eigenvalue weighted by atomic mass is 35.5. The summed E-state index contributed by atoms with van der Waals surface area (Å²) in [6, 6.07) is 18.9. The molecule has 4 rings (SSSR count). The summed E-state index contributed by atoms with van der Waals surface area (Å²) in [5.74, 6) is -0.447. The molecule has 4 N–H and O–H groups in total. The minimum Gasteiger partial charge on any atom is -0.483 e. The minimum atomic E-state index is -3.88. The van der Waals surface area contributed by atoms with Crippen molar-refractivity contribution in [1.29, 1.82) is 5.41 Å². The zero-order valence-corrected chi connectivity index (χ0v) is 20.9. The lowest BCUT2D eigenvalue weighted by Gasteiger charge is -2.14. The van der Waals surface area contributed by atoms with Crippen LogP contribution in [-0.2, 0) is 19.6 Å². The van der Waals surface area contributed by atoms with E-state index in [9.17, 15) is 18.0 Å². The number of hydrogen-bond donors (Lipinski definition) is 3. The van der Waals surface area contributed by atoms with Gasteiger partial charge in [-0.2, -0.15) is 0 Å². The van der Waals surface area contributed by atoms with Crippen molar-refractivity contribution in [2.24, 2.45) is 5.14 Å². The maximum absolute atomic E-state index is 13.0. The molecule has 3 aromatic rings. The van der Waals surface area contributed by atoms with Gasteiger partial charge in [0.25, 0.3) is 11.8 Å². The molecule has 9 nitrogen and oxygen atoms in total. The zero-order valence-electron chi connectivity index (χ0n) is 18.5. The molecule has 3 aromatic carbocycles. The molecule has 1 saturated heterocycles. The van der Waals surface area contributed by atoms with E-state index < -0.39 is 15.9 Å². The number of rotatable bonds is 7. The summed E-state index contributed by atoms with van der Waals surface area (Å²) in [7, 11) is -3.88. The van der Waals surface area contributed by atoms with E-state index in [1.165, 1.54) is 24.3 Å². The van der Waals surface area contributed by atoms with Crippen LogP contribution in [0.2, 0.25) is 5.02 Å². The van der Waals surface area contributed by atoms with Crippen LogP contribution < -0.4 is 20.1 Å². The maximum Gasteiger partial charge on any atom is 0.271 e. The Morgan fingerprint density at radius 1 is 1.08 bits per heavy atom. The quantitative estimate of drug-likeness (QED) is 0.384. The second-order valence-corrected chi connectivity index (χ2v) is 10.5. The Kier molecular flexibility index (Phi) is 7.45. The average molecular weight is 543 g/mol. The lowest BCUT2D eigenvalue weighted by Crippen LogP contribution is -2.28. The van der Waals surface area contributed by atoms with E-state index in [0.717, 1.165) is 16.7 Å². The van der Waals surface area contributed by atoms with E-state index in [1.807, 2.05) is 0 Å². The first-order valence-corrected chi connectivity index (χ1v) is 13.1. The molecule has 0 atom stereocenters. The molecule has 1 heterocycles. The molecule has 2 amide bonds. The zero-order chi connectivity index (χ0) is 25.9. The van der Waals surface area contributed by atoms with Gasteiger partial charge in [0.2, 0.25) is 10.0 Å². The molecule has 0 aliphatic carbocycles. The molecule has 184 valence electrons. The number of hydrogen-bond acceptors (Lipinski definition) is 7. The van der Waals surface area contributed by atoms with E-state index in [4.69, 9.17) is 26.9 Å². The predicted octanol–water partition coefficient (Wildman–Crippen LogP) is 4.06. The number of carbonyl (C=O) groups is 2. The molecular formula is C24H19ClN4O5S2. The van der Waals surface area contributed by atoms with Crippen molar-refractivity contribution in [2.75, 3.05) is 16.8 Å². The largest absolute Gasteiger partial charge is 0.483 e. The fourth-order valence-corrected chi connectivity index (χ4v) is 4.75. The standard InChI is InChI=1S/C24H19ClN4O5S2/c25-16-5-7-17(8-6-16)28-22(30)14-34-20-4-2-1-3-15(20)13-21-23(31)29(24(26)35-21)18-9-11-19(12-10-18)36(27,32)33/h1-13,26H,14H2,(H,28,30)(H2,27,32,33)/b21-13-,26-24?. The summed E-state index contributed by atoms with van der Waals surface area (Å²) < 4.78 is 28.6. The number of thioether (sulfide) groups is 1. The number of para-hydroxylation sites is 1.